The third kappa shape index (κ3) is 3.19. The molecule has 1 fully saturated rings. The van der Waals surface area contributed by atoms with E-state index >= 15 is 0 Å². The van der Waals surface area contributed by atoms with Crippen LogP contribution in [0.4, 0.5) is 0 Å². The Balaban J connectivity index is 2.91. The van der Waals surface area contributed by atoms with E-state index in [0.717, 1.165) is 0 Å². The minimum Gasteiger partial charge on any atom is -0.469 e. The average molecular weight is 264 g/mol. The Labute approximate surface area is 102 Å². The normalized spacial score (nSPS) is 24.3. The van der Waals surface area contributed by atoms with Gasteiger partial charge >= 0.3 is 5.97 Å². The van der Waals surface area contributed by atoms with Crippen LogP contribution in [0.1, 0.15) is 26.7 Å². The molecule has 0 aromatic carbocycles. The number of rotatable bonds is 3. The maximum Gasteiger partial charge on any atom is 0.311 e. The van der Waals surface area contributed by atoms with Crippen LogP contribution in [-0.4, -0.2) is 43.7 Å². The molecular weight excluding hydrogens is 244 g/mol. The summed E-state index contributed by atoms with van der Waals surface area (Å²) in [4.78, 5) is 11.7. The summed E-state index contributed by atoms with van der Waals surface area (Å²) in [6.07, 6.45) is 0.209. The SMILES string of the molecule is COC(=O)C(C(C)C)C1(O)CCS(=O)(=O)CC1. The molecule has 1 aliphatic heterocycles. The highest BCUT2D eigenvalue weighted by Crippen LogP contribution is 2.36. The molecule has 0 aromatic rings. The van der Waals surface area contributed by atoms with Crippen molar-refractivity contribution < 1.29 is 23.1 Å². The number of ether oxygens (including phenoxy) is 1. The second-order valence-corrected chi connectivity index (χ2v) is 7.30. The van der Waals surface area contributed by atoms with Crippen LogP contribution in [0.3, 0.4) is 0 Å². The van der Waals surface area contributed by atoms with Crippen LogP contribution in [0.2, 0.25) is 0 Å². The molecule has 0 aromatic heterocycles. The van der Waals surface area contributed by atoms with Gasteiger partial charge in [0.15, 0.2) is 9.84 Å². The first-order chi connectivity index (χ1) is 7.72. The Hall–Kier alpha value is -0.620. The van der Waals surface area contributed by atoms with Crippen molar-refractivity contribution in [3.8, 4) is 0 Å². The number of esters is 1. The molecule has 1 rings (SSSR count). The summed E-state index contributed by atoms with van der Waals surface area (Å²) in [7, 11) is -1.78. The number of carbonyl (C=O) groups is 1. The highest BCUT2D eigenvalue weighted by atomic mass is 32.2. The quantitative estimate of drug-likeness (QED) is 0.745. The zero-order chi connectivity index (χ0) is 13.3. The van der Waals surface area contributed by atoms with Crippen molar-refractivity contribution in [3.63, 3.8) is 0 Å². The monoisotopic (exact) mass is 264 g/mol. The Morgan fingerprint density at radius 2 is 1.76 bits per heavy atom. The lowest BCUT2D eigenvalue weighted by Gasteiger charge is -2.39. The van der Waals surface area contributed by atoms with E-state index in [1.165, 1.54) is 7.11 Å². The predicted molar refractivity (Wildman–Crippen MR) is 63.2 cm³/mol. The van der Waals surface area contributed by atoms with Gasteiger partial charge in [-0.2, -0.15) is 0 Å². The summed E-state index contributed by atoms with van der Waals surface area (Å²) in [6, 6.07) is 0. The second-order valence-electron chi connectivity index (χ2n) is 5.00. The molecular formula is C11H20O5S. The van der Waals surface area contributed by atoms with E-state index in [0.29, 0.717) is 0 Å². The van der Waals surface area contributed by atoms with Crippen LogP contribution in [0.25, 0.3) is 0 Å². The number of sulfone groups is 1. The smallest absolute Gasteiger partial charge is 0.311 e. The van der Waals surface area contributed by atoms with Gasteiger partial charge in [0, 0.05) is 0 Å². The van der Waals surface area contributed by atoms with Crippen molar-refractivity contribution in [3.05, 3.63) is 0 Å². The Bertz CT molecular complexity index is 371. The van der Waals surface area contributed by atoms with E-state index in [-0.39, 0.29) is 30.3 Å². The van der Waals surface area contributed by atoms with Crippen LogP contribution in [-0.2, 0) is 19.4 Å². The minimum absolute atomic E-state index is 0.0658. The van der Waals surface area contributed by atoms with Crippen molar-refractivity contribution in [1.82, 2.24) is 0 Å². The Kier molecular flexibility index (Phi) is 4.19. The molecule has 1 atom stereocenters. The van der Waals surface area contributed by atoms with Crippen LogP contribution < -0.4 is 0 Å². The van der Waals surface area contributed by atoms with Gasteiger partial charge in [-0.1, -0.05) is 13.8 Å². The summed E-state index contributed by atoms with van der Waals surface area (Å²) < 4.78 is 27.4. The van der Waals surface area contributed by atoms with Crippen LogP contribution in [0.15, 0.2) is 0 Å². The van der Waals surface area contributed by atoms with Gasteiger partial charge in [0.2, 0.25) is 0 Å². The molecule has 0 bridgehead atoms. The van der Waals surface area contributed by atoms with Crippen molar-refractivity contribution in [2.75, 3.05) is 18.6 Å². The van der Waals surface area contributed by atoms with E-state index < -0.39 is 27.3 Å². The molecule has 17 heavy (non-hydrogen) atoms. The van der Waals surface area contributed by atoms with Crippen LogP contribution in [0.5, 0.6) is 0 Å². The van der Waals surface area contributed by atoms with Gasteiger partial charge in [-0.25, -0.2) is 8.42 Å². The summed E-state index contributed by atoms with van der Waals surface area (Å²) in [6.45, 7) is 3.64. The standard InChI is InChI=1S/C11H20O5S/c1-8(2)9(10(12)16-3)11(13)4-6-17(14,15)7-5-11/h8-9,13H,4-7H2,1-3H3. The lowest BCUT2D eigenvalue weighted by molar-refractivity contribution is -0.160. The van der Waals surface area contributed by atoms with Crippen molar-refractivity contribution >= 4 is 15.8 Å². The number of methoxy groups -OCH3 is 1. The Morgan fingerprint density at radius 1 is 1.29 bits per heavy atom. The number of carbonyl (C=O) groups excluding carboxylic acids is 1. The fraction of sp³-hybridized carbons (Fsp3) is 0.909. The molecule has 0 saturated carbocycles. The molecule has 0 spiro atoms. The first-order valence-corrected chi connectivity index (χ1v) is 7.54. The molecule has 1 aliphatic rings. The van der Waals surface area contributed by atoms with E-state index in [4.69, 9.17) is 4.74 Å². The fourth-order valence-electron chi connectivity index (χ4n) is 2.44. The lowest BCUT2D eigenvalue weighted by atomic mass is 9.76. The number of hydrogen-bond donors (Lipinski definition) is 1. The van der Waals surface area contributed by atoms with Crippen molar-refractivity contribution in [2.45, 2.75) is 32.3 Å². The van der Waals surface area contributed by atoms with Gasteiger partial charge < -0.3 is 9.84 Å². The fourth-order valence-corrected chi connectivity index (χ4v) is 3.97. The van der Waals surface area contributed by atoms with E-state index in [1.54, 1.807) is 0 Å². The topological polar surface area (TPSA) is 80.7 Å². The number of aliphatic hydroxyl groups is 1. The van der Waals surface area contributed by atoms with E-state index in [2.05, 4.69) is 0 Å². The molecule has 1 N–H and O–H groups in total. The lowest BCUT2D eigenvalue weighted by Crippen LogP contribution is -2.50. The molecule has 1 heterocycles. The van der Waals surface area contributed by atoms with Gasteiger partial charge in [0.25, 0.3) is 0 Å². The van der Waals surface area contributed by atoms with Gasteiger partial charge in [-0.05, 0) is 18.8 Å². The molecule has 1 saturated heterocycles. The summed E-state index contributed by atoms with van der Waals surface area (Å²) in [5.41, 5.74) is -1.26. The van der Waals surface area contributed by atoms with Gasteiger partial charge in [0.05, 0.1) is 30.1 Å². The maximum absolute atomic E-state index is 11.7. The zero-order valence-electron chi connectivity index (χ0n) is 10.5. The zero-order valence-corrected chi connectivity index (χ0v) is 11.3. The average Bonchev–Trinajstić information content (AvgIpc) is 2.22. The van der Waals surface area contributed by atoms with Crippen molar-refractivity contribution in [1.29, 1.82) is 0 Å². The largest absolute Gasteiger partial charge is 0.469 e. The first-order valence-electron chi connectivity index (χ1n) is 5.72. The molecule has 0 amide bonds. The summed E-state index contributed by atoms with van der Waals surface area (Å²) in [5.74, 6) is -1.36. The molecule has 0 aliphatic carbocycles. The van der Waals surface area contributed by atoms with Gasteiger partial charge in [-0.3, -0.25) is 4.79 Å². The summed E-state index contributed by atoms with van der Waals surface area (Å²) in [5, 5.41) is 10.5. The molecule has 100 valence electrons. The van der Waals surface area contributed by atoms with Crippen molar-refractivity contribution in [2.24, 2.45) is 11.8 Å². The van der Waals surface area contributed by atoms with Gasteiger partial charge in [0.1, 0.15) is 0 Å². The molecule has 5 nitrogen and oxygen atoms in total. The third-order valence-corrected chi connectivity index (χ3v) is 5.04. The third-order valence-electron chi connectivity index (χ3n) is 3.39. The highest BCUT2D eigenvalue weighted by Gasteiger charge is 2.47. The number of hydrogen-bond acceptors (Lipinski definition) is 5. The molecule has 1 unspecified atom stereocenters. The first kappa shape index (κ1) is 14.4. The Morgan fingerprint density at radius 3 is 2.12 bits per heavy atom. The summed E-state index contributed by atoms with van der Waals surface area (Å²) >= 11 is 0. The van der Waals surface area contributed by atoms with E-state index in [1.807, 2.05) is 13.8 Å². The van der Waals surface area contributed by atoms with Gasteiger partial charge in [-0.15, -0.1) is 0 Å². The molecule has 6 heteroatoms. The predicted octanol–water partition coefficient (Wildman–Crippen LogP) is 0.371. The second kappa shape index (κ2) is 4.94. The van der Waals surface area contributed by atoms with Crippen LogP contribution >= 0.6 is 0 Å². The van der Waals surface area contributed by atoms with Crippen LogP contribution in [0, 0.1) is 11.8 Å². The maximum atomic E-state index is 11.7. The molecule has 0 radical (unpaired) electrons. The highest BCUT2D eigenvalue weighted by molar-refractivity contribution is 7.91. The van der Waals surface area contributed by atoms with E-state index in [9.17, 15) is 18.3 Å². The minimum atomic E-state index is -3.06.